The van der Waals surface area contributed by atoms with Crippen LogP contribution in [0.15, 0.2) is 18.2 Å². The number of rotatable bonds is 5. The van der Waals surface area contributed by atoms with Gasteiger partial charge in [0.2, 0.25) is 10.0 Å². The molecule has 0 unspecified atom stereocenters. The third kappa shape index (κ3) is 5.38. The predicted molar refractivity (Wildman–Crippen MR) is 79.9 cm³/mol. The summed E-state index contributed by atoms with van der Waals surface area (Å²) in [6.07, 6.45) is 0.507. The van der Waals surface area contributed by atoms with Crippen molar-refractivity contribution in [3.8, 4) is 0 Å². The molecule has 20 heavy (non-hydrogen) atoms. The quantitative estimate of drug-likeness (QED) is 0.872. The van der Waals surface area contributed by atoms with E-state index in [2.05, 4.69) is 4.72 Å². The lowest BCUT2D eigenvalue weighted by molar-refractivity contribution is 0.0697. The Morgan fingerprint density at radius 1 is 1.35 bits per heavy atom. The summed E-state index contributed by atoms with van der Waals surface area (Å²) in [5.41, 5.74) is 0.101. The minimum atomic E-state index is -3.51. The van der Waals surface area contributed by atoms with Crippen LogP contribution in [0.4, 0.5) is 5.69 Å². The largest absolute Gasteiger partial charge is 0.478 e. The van der Waals surface area contributed by atoms with Crippen LogP contribution in [0, 0.1) is 5.41 Å². The summed E-state index contributed by atoms with van der Waals surface area (Å²) in [7, 11) is -3.51. The number of carboxylic acid groups (broad SMARTS) is 1. The number of aromatic carboxylic acids is 1. The number of anilines is 1. The van der Waals surface area contributed by atoms with Gasteiger partial charge in [-0.3, -0.25) is 4.72 Å². The molecule has 0 aliphatic carbocycles. The summed E-state index contributed by atoms with van der Waals surface area (Å²) in [6.45, 7) is 5.87. The molecule has 0 saturated carbocycles. The van der Waals surface area contributed by atoms with Gasteiger partial charge in [-0.15, -0.1) is 0 Å². The number of sulfonamides is 1. The zero-order valence-corrected chi connectivity index (χ0v) is 13.2. The van der Waals surface area contributed by atoms with Crippen LogP contribution in [0.25, 0.3) is 0 Å². The van der Waals surface area contributed by atoms with Crippen molar-refractivity contribution in [2.75, 3.05) is 10.5 Å². The molecule has 5 nitrogen and oxygen atoms in total. The number of halogens is 1. The molecule has 0 atom stereocenters. The van der Waals surface area contributed by atoms with Gasteiger partial charge in [-0.25, -0.2) is 13.2 Å². The number of benzene rings is 1. The predicted octanol–water partition coefficient (Wildman–Crippen LogP) is 3.22. The van der Waals surface area contributed by atoms with Gasteiger partial charge in [-0.1, -0.05) is 32.4 Å². The van der Waals surface area contributed by atoms with Gasteiger partial charge in [-0.2, -0.15) is 0 Å². The summed E-state index contributed by atoms with van der Waals surface area (Å²) < 4.78 is 26.2. The van der Waals surface area contributed by atoms with E-state index in [9.17, 15) is 13.2 Å². The number of hydrogen-bond acceptors (Lipinski definition) is 3. The number of hydrogen-bond donors (Lipinski definition) is 2. The fourth-order valence-corrected chi connectivity index (χ4v) is 3.17. The van der Waals surface area contributed by atoms with Crippen molar-refractivity contribution in [1.82, 2.24) is 0 Å². The van der Waals surface area contributed by atoms with Crippen LogP contribution < -0.4 is 4.72 Å². The Hall–Kier alpha value is -1.27. The lowest BCUT2D eigenvalue weighted by Crippen LogP contribution is -2.21. The Morgan fingerprint density at radius 2 is 1.95 bits per heavy atom. The fraction of sp³-hybridized carbons (Fsp3) is 0.462. The van der Waals surface area contributed by atoms with Crippen LogP contribution in [0.2, 0.25) is 5.02 Å². The first-order chi connectivity index (χ1) is 9.00. The van der Waals surface area contributed by atoms with Crippen molar-refractivity contribution in [2.24, 2.45) is 5.41 Å². The summed E-state index contributed by atoms with van der Waals surface area (Å²) in [4.78, 5) is 10.8. The molecule has 0 spiro atoms. The Bertz CT molecular complexity index is 605. The van der Waals surface area contributed by atoms with Crippen LogP contribution in [-0.2, 0) is 10.0 Å². The molecule has 2 N–H and O–H groups in total. The second-order valence-corrected chi connectivity index (χ2v) is 7.98. The highest BCUT2D eigenvalue weighted by Gasteiger charge is 2.18. The van der Waals surface area contributed by atoms with Crippen molar-refractivity contribution in [3.05, 3.63) is 28.8 Å². The molecule has 0 aromatic heterocycles. The van der Waals surface area contributed by atoms with Gasteiger partial charge >= 0.3 is 5.97 Å². The molecule has 112 valence electrons. The van der Waals surface area contributed by atoms with Crippen molar-refractivity contribution in [2.45, 2.75) is 27.2 Å². The molecule has 1 rings (SSSR count). The van der Waals surface area contributed by atoms with E-state index >= 15 is 0 Å². The number of nitrogens with one attached hydrogen (secondary N) is 1. The number of carbonyl (C=O) groups is 1. The third-order valence-electron chi connectivity index (χ3n) is 2.60. The third-order valence-corrected chi connectivity index (χ3v) is 4.19. The van der Waals surface area contributed by atoms with Gasteiger partial charge in [-0.05, 0) is 30.0 Å². The topological polar surface area (TPSA) is 83.5 Å². The van der Waals surface area contributed by atoms with Crippen LogP contribution in [-0.4, -0.2) is 25.2 Å². The van der Waals surface area contributed by atoms with E-state index in [0.29, 0.717) is 6.42 Å². The van der Waals surface area contributed by atoms with Crippen LogP contribution >= 0.6 is 11.6 Å². The molecule has 0 heterocycles. The zero-order valence-electron chi connectivity index (χ0n) is 11.6. The smallest absolute Gasteiger partial charge is 0.335 e. The Kier molecular flexibility index (Phi) is 5.05. The SMILES string of the molecule is CC(C)(C)CCS(=O)(=O)Nc1ccc(C(=O)O)cc1Cl. The van der Waals surface area contributed by atoms with E-state index in [1.807, 2.05) is 20.8 Å². The molecule has 0 fully saturated rings. The lowest BCUT2D eigenvalue weighted by Gasteiger charge is -2.18. The Morgan fingerprint density at radius 3 is 2.40 bits per heavy atom. The second kappa shape index (κ2) is 6.01. The van der Waals surface area contributed by atoms with Gasteiger partial charge < -0.3 is 5.11 Å². The van der Waals surface area contributed by atoms with E-state index in [-0.39, 0.29) is 27.4 Å². The minimum absolute atomic E-state index is 0.00707. The molecule has 0 aliphatic heterocycles. The van der Waals surface area contributed by atoms with E-state index in [1.165, 1.54) is 18.2 Å². The first-order valence-electron chi connectivity index (χ1n) is 6.03. The van der Waals surface area contributed by atoms with Gasteiger partial charge in [0.25, 0.3) is 0 Å². The highest BCUT2D eigenvalue weighted by atomic mass is 35.5. The lowest BCUT2D eigenvalue weighted by atomic mass is 9.94. The summed E-state index contributed by atoms with van der Waals surface area (Å²) in [6, 6.07) is 3.86. The summed E-state index contributed by atoms with van der Waals surface area (Å²) >= 11 is 5.88. The maximum Gasteiger partial charge on any atom is 0.335 e. The van der Waals surface area contributed by atoms with Crippen molar-refractivity contribution in [3.63, 3.8) is 0 Å². The maximum atomic E-state index is 11.9. The Labute approximate surface area is 124 Å². The van der Waals surface area contributed by atoms with Gasteiger partial charge in [0, 0.05) is 0 Å². The molecular weight excluding hydrogens is 302 g/mol. The molecule has 0 saturated heterocycles. The number of carboxylic acids is 1. The van der Waals surface area contributed by atoms with Crippen LogP contribution in [0.5, 0.6) is 0 Å². The molecule has 1 aromatic carbocycles. The van der Waals surface area contributed by atoms with Crippen LogP contribution in [0.3, 0.4) is 0 Å². The van der Waals surface area contributed by atoms with Gasteiger partial charge in [0.1, 0.15) is 0 Å². The first kappa shape index (κ1) is 16.8. The normalized spacial score (nSPS) is 12.2. The molecule has 1 aromatic rings. The Balaban J connectivity index is 2.85. The average Bonchev–Trinajstić information content (AvgIpc) is 2.28. The fourth-order valence-electron chi connectivity index (χ4n) is 1.39. The average molecular weight is 320 g/mol. The second-order valence-electron chi connectivity index (χ2n) is 5.73. The van der Waals surface area contributed by atoms with E-state index < -0.39 is 16.0 Å². The zero-order chi connectivity index (χ0) is 15.6. The standard InChI is InChI=1S/C13H18ClNO4S/c1-13(2,3)6-7-20(18,19)15-11-5-4-9(12(16)17)8-10(11)14/h4-5,8,15H,6-7H2,1-3H3,(H,16,17). The van der Waals surface area contributed by atoms with Crippen LogP contribution in [0.1, 0.15) is 37.6 Å². The molecule has 7 heteroatoms. The highest BCUT2D eigenvalue weighted by molar-refractivity contribution is 7.92. The molecule has 0 aliphatic rings. The molecular formula is C13H18ClNO4S. The van der Waals surface area contributed by atoms with Crippen molar-refractivity contribution in [1.29, 1.82) is 0 Å². The maximum absolute atomic E-state index is 11.9. The van der Waals surface area contributed by atoms with E-state index in [0.717, 1.165) is 0 Å². The molecule has 0 amide bonds. The van der Waals surface area contributed by atoms with Crippen molar-refractivity contribution >= 4 is 33.3 Å². The van der Waals surface area contributed by atoms with E-state index in [4.69, 9.17) is 16.7 Å². The summed E-state index contributed by atoms with van der Waals surface area (Å²) in [5.74, 6) is -1.14. The molecule has 0 radical (unpaired) electrons. The van der Waals surface area contributed by atoms with E-state index in [1.54, 1.807) is 0 Å². The van der Waals surface area contributed by atoms with Gasteiger partial charge in [0.05, 0.1) is 22.0 Å². The van der Waals surface area contributed by atoms with Gasteiger partial charge in [0.15, 0.2) is 0 Å². The monoisotopic (exact) mass is 319 g/mol. The molecule has 0 bridgehead atoms. The summed E-state index contributed by atoms with van der Waals surface area (Å²) in [5, 5.41) is 8.87. The highest BCUT2D eigenvalue weighted by Crippen LogP contribution is 2.25. The first-order valence-corrected chi connectivity index (χ1v) is 8.06. The minimum Gasteiger partial charge on any atom is -0.478 e. The van der Waals surface area contributed by atoms with Crippen molar-refractivity contribution < 1.29 is 18.3 Å².